The minimum absolute atomic E-state index is 0.493. The Morgan fingerprint density at radius 3 is 1.62 bits per heavy atom. The Bertz CT molecular complexity index is 2960. The molecule has 0 atom stereocenters. The van der Waals surface area contributed by atoms with Crippen LogP contribution < -0.4 is 0 Å². The van der Waals surface area contributed by atoms with Gasteiger partial charge in [-0.25, -0.2) is 9.97 Å². The monoisotopic (exact) mass is 714 g/mol. The molecule has 0 amide bonds. The SMILES string of the molecule is c1ccc(-c2cc(-c3cccc(-c4cccc5oc6cc7c(cc6c45)-c4ccccc4C7(c4ccccc4)c4ccccc4)c3)nc(-c3ccccc3)n2)cc1. The molecule has 0 aliphatic heterocycles. The highest BCUT2D eigenvalue weighted by Crippen LogP contribution is 2.57. The molecule has 0 fully saturated rings. The molecule has 0 saturated heterocycles. The molecule has 0 spiro atoms. The molecule has 0 radical (unpaired) electrons. The van der Waals surface area contributed by atoms with Gasteiger partial charge in [-0.3, -0.25) is 0 Å². The van der Waals surface area contributed by atoms with Crippen LogP contribution in [0, 0.1) is 0 Å². The van der Waals surface area contributed by atoms with Crippen molar-refractivity contribution >= 4 is 21.9 Å². The number of hydrogen-bond acceptors (Lipinski definition) is 3. The molecule has 56 heavy (non-hydrogen) atoms. The van der Waals surface area contributed by atoms with Crippen LogP contribution in [-0.2, 0) is 5.41 Å². The maximum atomic E-state index is 6.83. The summed E-state index contributed by atoms with van der Waals surface area (Å²) >= 11 is 0. The highest BCUT2D eigenvalue weighted by Gasteiger charge is 2.46. The molecule has 2 aromatic heterocycles. The topological polar surface area (TPSA) is 38.9 Å². The summed E-state index contributed by atoms with van der Waals surface area (Å²) in [5, 5.41) is 2.21. The zero-order valence-electron chi connectivity index (χ0n) is 30.4. The third-order valence-corrected chi connectivity index (χ3v) is 11.4. The fourth-order valence-electron chi connectivity index (χ4n) is 8.92. The number of aromatic nitrogens is 2. The van der Waals surface area contributed by atoms with Crippen molar-refractivity contribution in [2.75, 3.05) is 0 Å². The third kappa shape index (κ3) is 4.98. The second kappa shape index (κ2) is 12.9. The first-order chi connectivity index (χ1) is 27.8. The Balaban J connectivity index is 1.11. The van der Waals surface area contributed by atoms with E-state index in [2.05, 4.69) is 170 Å². The van der Waals surface area contributed by atoms with Crippen molar-refractivity contribution in [3.8, 4) is 56.2 Å². The van der Waals surface area contributed by atoms with E-state index in [9.17, 15) is 0 Å². The predicted molar refractivity (Wildman–Crippen MR) is 228 cm³/mol. The first kappa shape index (κ1) is 32.1. The van der Waals surface area contributed by atoms with Gasteiger partial charge in [-0.1, -0.05) is 176 Å². The number of nitrogens with zero attached hydrogens (tertiary/aromatic N) is 2. The summed E-state index contributed by atoms with van der Waals surface area (Å²) < 4.78 is 6.83. The summed E-state index contributed by atoms with van der Waals surface area (Å²) in [4.78, 5) is 10.1. The van der Waals surface area contributed by atoms with E-state index in [4.69, 9.17) is 14.4 Å². The van der Waals surface area contributed by atoms with Crippen molar-refractivity contribution in [2.45, 2.75) is 5.41 Å². The van der Waals surface area contributed by atoms with E-state index < -0.39 is 5.41 Å². The molecular formula is C53H34N2O. The van der Waals surface area contributed by atoms with Crippen LogP contribution in [0.5, 0.6) is 0 Å². The molecule has 1 aliphatic carbocycles. The van der Waals surface area contributed by atoms with Gasteiger partial charge >= 0.3 is 0 Å². The molecule has 11 rings (SSSR count). The number of benzene rings is 8. The van der Waals surface area contributed by atoms with Crippen LogP contribution in [0.2, 0.25) is 0 Å². The lowest BCUT2D eigenvalue weighted by molar-refractivity contribution is 0.666. The van der Waals surface area contributed by atoms with Gasteiger partial charge in [-0.05, 0) is 74.8 Å². The van der Waals surface area contributed by atoms with Crippen molar-refractivity contribution in [3.63, 3.8) is 0 Å². The second-order valence-electron chi connectivity index (χ2n) is 14.5. The highest BCUT2D eigenvalue weighted by molar-refractivity contribution is 6.14. The van der Waals surface area contributed by atoms with E-state index in [-0.39, 0.29) is 0 Å². The summed E-state index contributed by atoms with van der Waals surface area (Å²) in [6.45, 7) is 0. The average Bonchev–Trinajstić information content (AvgIpc) is 3.79. The minimum Gasteiger partial charge on any atom is -0.456 e. The number of fused-ring (bicyclic) bond motifs is 6. The van der Waals surface area contributed by atoms with Gasteiger partial charge in [-0.2, -0.15) is 0 Å². The fraction of sp³-hybridized carbons (Fsp3) is 0.0189. The lowest BCUT2D eigenvalue weighted by Gasteiger charge is -2.33. The Morgan fingerprint density at radius 1 is 0.357 bits per heavy atom. The molecule has 1 aliphatic rings. The van der Waals surface area contributed by atoms with E-state index in [0.717, 1.165) is 61.1 Å². The van der Waals surface area contributed by atoms with Gasteiger partial charge in [-0.15, -0.1) is 0 Å². The van der Waals surface area contributed by atoms with E-state index in [1.807, 2.05) is 36.4 Å². The molecule has 10 aromatic rings. The van der Waals surface area contributed by atoms with E-state index >= 15 is 0 Å². The summed E-state index contributed by atoms with van der Waals surface area (Å²) in [5.74, 6) is 0.700. The Kier molecular flexibility index (Phi) is 7.39. The molecule has 0 unspecified atom stereocenters. The molecule has 0 N–H and O–H groups in total. The molecule has 262 valence electrons. The number of rotatable bonds is 6. The summed E-state index contributed by atoms with van der Waals surface area (Å²) in [5.41, 5.74) is 15.8. The lowest BCUT2D eigenvalue weighted by atomic mass is 9.67. The highest BCUT2D eigenvalue weighted by atomic mass is 16.3. The van der Waals surface area contributed by atoms with Crippen LogP contribution in [0.15, 0.2) is 211 Å². The van der Waals surface area contributed by atoms with Crippen molar-refractivity contribution in [1.82, 2.24) is 9.97 Å². The van der Waals surface area contributed by atoms with Crippen LogP contribution in [0.4, 0.5) is 0 Å². The zero-order chi connectivity index (χ0) is 37.1. The van der Waals surface area contributed by atoms with Gasteiger partial charge in [0.2, 0.25) is 0 Å². The van der Waals surface area contributed by atoms with Crippen LogP contribution in [0.1, 0.15) is 22.3 Å². The van der Waals surface area contributed by atoms with Crippen molar-refractivity contribution < 1.29 is 4.42 Å². The third-order valence-electron chi connectivity index (χ3n) is 11.4. The van der Waals surface area contributed by atoms with Crippen LogP contribution >= 0.6 is 0 Å². The normalized spacial score (nSPS) is 12.8. The Morgan fingerprint density at radius 2 is 0.911 bits per heavy atom. The van der Waals surface area contributed by atoms with Gasteiger partial charge < -0.3 is 4.42 Å². The first-order valence-corrected chi connectivity index (χ1v) is 19.1. The largest absolute Gasteiger partial charge is 0.456 e. The van der Waals surface area contributed by atoms with E-state index in [1.54, 1.807) is 0 Å². The van der Waals surface area contributed by atoms with E-state index in [1.165, 1.54) is 33.4 Å². The van der Waals surface area contributed by atoms with Gasteiger partial charge in [0.15, 0.2) is 5.82 Å². The maximum Gasteiger partial charge on any atom is 0.160 e. The van der Waals surface area contributed by atoms with Crippen molar-refractivity contribution in [3.05, 3.63) is 229 Å². The molecule has 3 heteroatoms. The Hall–Kier alpha value is -7.36. The van der Waals surface area contributed by atoms with Gasteiger partial charge in [0.25, 0.3) is 0 Å². The van der Waals surface area contributed by atoms with Gasteiger partial charge in [0.05, 0.1) is 16.8 Å². The van der Waals surface area contributed by atoms with Gasteiger partial charge in [0, 0.05) is 27.5 Å². The predicted octanol–water partition coefficient (Wildman–Crippen LogP) is 13.4. The van der Waals surface area contributed by atoms with Crippen molar-refractivity contribution in [1.29, 1.82) is 0 Å². The van der Waals surface area contributed by atoms with Crippen LogP contribution in [0.3, 0.4) is 0 Å². The second-order valence-corrected chi connectivity index (χ2v) is 14.5. The zero-order valence-corrected chi connectivity index (χ0v) is 30.4. The molecule has 0 bridgehead atoms. The lowest BCUT2D eigenvalue weighted by Crippen LogP contribution is -2.28. The molecular weight excluding hydrogens is 681 g/mol. The first-order valence-electron chi connectivity index (χ1n) is 19.1. The Labute approximate surface area is 325 Å². The van der Waals surface area contributed by atoms with Crippen LogP contribution in [0.25, 0.3) is 78.1 Å². The quantitative estimate of drug-likeness (QED) is 0.172. The standard InChI is InChI=1S/C53H34N2O/c1-5-17-35(18-6-1)47-34-48(55-52(54-47)36-19-7-2-8-20-36)38-22-15-21-37(31-38)41-28-16-30-49-51(41)44-32-43-42-27-13-14-29-45(42)53(39-23-9-3-10-24-39,40-25-11-4-12-26-40)46(43)33-50(44)56-49/h1-34H. The molecule has 8 aromatic carbocycles. The summed E-state index contributed by atoms with van der Waals surface area (Å²) in [7, 11) is 0. The van der Waals surface area contributed by atoms with Gasteiger partial charge in [0.1, 0.15) is 11.2 Å². The number of hydrogen-bond donors (Lipinski definition) is 0. The average molecular weight is 715 g/mol. The maximum absolute atomic E-state index is 6.83. The fourth-order valence-corrected chi connectivity index (χ4v) is 8.92. The molecule has 3 nitrogen and oxygen atoms in total. The van der Waals surface area contributed by atoms with Crippen molar-refractivity contribution in [2.24, 2.45) is 0 Å². The van der Waals surface area contributed by atoms with E-state index in [0.29, 0.717) is 5.82 Å². The smallest absolute Gasteiger partial charge is 0.160 e. The minimum atomic E-state index is -0.493. The summed E-state index contributed by atoms with van der Waals surface area (Å²) in [6.07, 6.45) is 0. The van der Waals surface area contributed by atoms with Crippen LogP contribution in [-0.4, -0.2) is 9.97 Å². The summed E-state index contributed by atoms with van der Waals surface area (Å²) in [6, 6.07) is 73.1. The molecule has 2 heterocycles. The number of furan rings is 1. The molecule has 0 saturated carbocycles.